The lowest BCUT2D eigenvalue weighted by atomic mass is 10.0. The van der Waals surface area contributed by atoms with Gasteiger partial charge < -0.3 is 10.1 Å². The molecule has 0 radical (unpaired) electrons. The quantitative estimate of drug-likeness (QED) is 0.921. The smallest absolute Gasteiger partial charge is 0.133 e. The molecule has 0 amide bonds. The summed E-state index contributed by atoms with van der Waals surface area (Å²) in [5.41, 5.74) is 2.60. The molecule has 1 aromatic rings. The van der Waals surface area contributed by atoms with Crippen molar-refractivity contribution in [3.05, 3.63) is 27.7 Å². The molecule has 88 valence electrons. The molecule has 2 rings (SSSR count). The molecule has 1 aliphatic heterocycles. The number of ether oxygens (including phenoxy) is 1. The van der Waals surface area contributed by atoms with Crippen molar-refractivity contribution in [3.63, 3.8) is 0 Å². The first-order valence-corrected chi connectivity index (χ1v) is 6.56. The van der Waals surface area contributed by atoms with Crippen molar-refractivity contribution < 1.29 is 4.74 Å². The second kappa shape index (κ2) is 5.19. The third kappa shape index (κ3) is 2.58. The van der Waals surface area contributed by atoms with Crippen LogP contribution in [0.4, 0.5) is 0 Å². The Morgan fingerprint density at radius 1 is 1.50 bits per heavy atom. The number of hydrogen-bond acceptors (Lipinski definition) is 2. The SMILES string of the molecule is COc1cc(CC2CCCN2)cc(C)c1Br. The van der Waals surface area contributed by atoms with E-state index >= 15 is 0 Å². The van der Waals surface area contributed by atoms with Gasteiger partial charge in [-0.25, -0.2) is 0 Å². The van der Waals surface area contributed by atoms with Crippen LogP contribution < -0.4 is 10.1 Å². The standard InChI is InChI=1S/C13H18BrNO/c1-9-6-10(7-11-4-3-5-15-11)8-12(16-2)13(9)14/h6,8,11,15H,3-5,7H2,1-2H3. The summed E-state index contributed by atoms with van der Waals surface area (Å²) in [7, 11) is 1.72. The minimum absolute atomic E-state index is 0.644. The van der Waals surface area contributed by atoms with Crippen molar-refractivity contribution in [3.8, 4) is 5.75 Å². The maximum Gasteiger partial charge on any atom is 0.133 e. The maximum atomic E-state index is 5.36. The average molecular weight is 284 g/mol. The van der Waals surface area contributed by atoms with Gasteiger partial charge in [-0.15, -0.1) is 0 Å². The van der Waals surface area contributed by atoms with Crippen LogP contribution in [0.25, 0.3) is 0 Å². The van der Waals surface area contributed by atoms with Gasteiger partial charge in [0.2, 0.25) is 0 Å². The Morgan fingerprint density at radius 3 is 2.94 bits per heavy atom. The predicted octanol–water partition coefficient (Wildman–Crippen LogP) is 3.06. The van der Waals surface area contributed by atoms with E-state index < -0.39 is 0 Å². The zero-order chi connectivity index (χ0) is 11.5. The first-order valence-electron chi connectivity index (χ1n) is 5.77. The Morgan fingerprint density at radius 2 is 2.31 bits per heavy atom. The first-order chi connectivity index (χ1) is 7.70. The van der Waals surface area contributed by atoms with Crippen molar-refractivity contribution in [2.24, 2.45) is 0 Å². The summed E-state index contributed by atoms with van der Waals surface area (Å²) in [6.07, 6.45) is 3.69. The van der Waals surface area contributed by atoms with Crippen molar-refractivity contribution >= 4 is 15.9 Å². The van der Waals surface area contributed by atoms with Crippen LogP contribution in [0.3, 0.4) is 0 Å². The van der Waals surface area contributed by atoms with Gasteiger partial charge in [0.1, 0.15) is 5.75 Å². The largest absolute Gasteiger partial charge is 0.496 e. The van der Waals surface area contributed by atoms with Crippen LogP contribution in [0.2, 0.25) is 0 Å². The highest BCUT2D eigenvalue weighted by Crippen LogP contribution is 2.30. The number of methoxy groups -OCH3 is 1. The third-order valence-electron chi connectivity index (χ3n) is 3.15. The number of hydrogen-bond donors (Lipinski definition) is 1. The fraction of sp³-hybridized carbons (Fsp3) is 0.538. The van der Waals surface area contributed by atoms with Gasteiger partial charge in [0.15, 0.2) is 0 Å². The highest BCUT2D eigenvalue weighted by atomic mass is 79.9. The molecular weight excluding hydrogens is 266 g/mol. The van der Waals surface area contributed by atoms with Gasteiger partial charge in [0.05, 0.1) is 11.6 Å². The van der Waals surface area contributed by atoms with Crippen LogP contribution in [-0.2, 0) is 6.42 Å². The molecule has 1 unspecified atom stereocenters. The summed E-state index contributed by atoms with van der Waals surface area (Å²) in [5, 5.41) is 3.52. The summed E-state index contributed by atoms with van der Waals surface area (Å²) >= 11 is 3.55. The maximum absolute atomic E-state index is 5.36. The zero-order valence-corrected chi connectivity index (χ0v) is 11.4. The second-order valence-electron chi connectivity index (χ2n) is 4.43. The Bertz CT molecular complexity index is 372. The Hall–Kier alpha value is -0.540. The van der Waals surface area contributed by atoms with Gasteiger partial charge in [-0.05, 0) is 65.9 Å². The van der Waals surface area contributed by atoms with Gasteiger partial charge >= 0.3 is 0 Å². The van der Waals surface area contributed by atoms with E-state index in [1.807, 2.05) is 0 Å². The van der Waals surface area contributed by atoms with E-state index in [0.29, 0.717) is 6.04 Å². The van der Waals surface area contributed by atoms with Crippen LogP contribution in [0.1, 0.15) is 24.0 Å². The molecule has 1 N–H and O–H groups in total. The van der Waals surface area contributed by atoms with E-state index in [4.69, 9.17) is 4.74 Å². The van der Waals surface area contributed by atoms with Crippen LogP contribution in [0.5, 0.6) is 5.75 Å². The minimum Gasteiger partial charge on any atom is -0.496 e. The lowest BCUT2D eigenvalue weighted by Crippen LogP contribution is -2.23. The predicted molar refractivity (Wildman–Crippen MR) is 70.2 cm³/mol. The van der Waals surface area contributed by atoms with Crippen molar-refractivity contribution in [2.45, 2.75) is 32.2 Å². The molecule has 1 aromatic carbocycles. The third-order valence-corrected chi connectivity index (χ3v) is 4.16. The number of aryl methyl sites for hydroxylation is 1. The fourth-order valence-electron chi connectivity index (χ4n) is 2.29. The fourth-order valence-corrected chi connectivity index (χ4v) is 2.68. The molecule has 0 saturated carbocycles. The molecule has 0 aromatic heterocycles. The molecular formula is C13H18BrNO. The van der Waals surface area contributed by atoms with Gasteiger partial charge in [-0.1, -0.05) is 6.07 Å². The Labute approximate surface area is 106 Å². The van der Waals surface area contributed by atoms with Crippen LogP contribution >= 0.6 is 15.9 Å². The van der Waals surface area contributed by atoms with Crippen molar-refractivity contribution in [2.75, 3.05) is 13.7 Å². The minimum atomic E-state index is 0.644. The molecule has 1 atom stereocenters. The van der Waals surface area contributed by atoms with E-state index in [-0.39, 0.29) is 0 Å². The van der Waals surface area contributed by atoms with Gasteiger partial charge in [0.25, 0.3) is 0 Å². The zero-order valence-electron chi connectivity index (χ0n) is 9.85. The van der Waals surface area contributed by atoms with Crippen molar-refractivity contribution in [1.82, 2.24) is 5.32 Å². The molecule has 0 bridgehead atoms. The lowest BCUT2D eigenvalue weighted by molar-refractivity contribution is 0.411. The molecule has 1 saturated heterocycles. The Kier molecular flexibility index (Phi) is 3.87. The molecule has 3 heteroatoms. The summed E-state index contributed by atoms with van der Waals surface area (Å²) in [5.74, 6) is 0.938. The molecule has 1 heterocycles. The van der Waals surface area contributed by atoms with E-state index in [9.17, 15) is 0 Å². The summed E-state index contributed by atoms with van der Waals surface area (Å²) in [6.45, 7) is 3.27. The van der Waals surface area contributed by atoms with Crippen LogP contribution in [0, 0.1) is 6.92 Å². The van der Waals surface area contributed by atoms with Gasteiger partial charge in [-0.3, -0.25) is 0 Å². The topological polar surface area (TPSA) is 21.3 Å². The van der Waals surface area contributed by atoms with E-state index in [1.54, 1.807) is 7.11 Å². The lowest BCUT2D eigenvalue weighted by Gasteiger charge is -2.13. The second-order valence-corrected chi connectivity index (χ2v) is 5.22. The number of halogens is 1. The summed E-state index contributed by atoms with van der Waals surface area (Å²) in [4.78, 5) is 0. The molecule has 0 aliphatic carbocycles. The van der Waals surface area contributed by atoms with Crippen molar-refractivity contribution in [1.29, 1.82) is 0 Å². The van der Waals surface area contributed by atoms with E-state index in [0.717, 1.165) is 23.2 Å². The van der Waals surface area contributed by atoms with E-state index in [1.165, 1.54) is 24.0 Å². The highest BCUT2D eigenvalue weighted by molar-refractivity contribution is 9.10. The summed E-state index contributed by atoms with van der Waals surface area (Å²) in [6, 6.07) is 5.02. The van der Waals surface area contributed by atoms with Gasteiger partial charge in [0, 0.05) is 6.04 Å². The monoisotopic (exact) mass is 283 g/mol. The van der Waals surface area contributed by atoms with E-state index in [2.05, 4.69) is 40.3 Å². The molecule has 16 heavy (non-hydrogen) atoms. The first kappa shape index (κ1) is 11.9. The summed E-state index contributed by atoms with van der Waals surface area (Å²) < 4.78 is 6.43. The molecule has 2 nitrogen and oxygen atoms in total. The molecule has 0 spiro atoms. The number of nitrogens with one attached hydrogen (secondary N) is 1. The molecule has 1 aliphatic rings. The average Bonchev–Trinajstić information content (AvgIpc) is 2.76. The number of benzene rings is 1. The number of rotatable bonds is 3. The van der Waals surface area contributed by atoms with Gasteiger partial charge in [-0.2, -0.15) is 0 Å². The van der Waals surface area contributed by atoms with Crippen LogP contribution in [0.15, 0.2) is 16.6 Å². The highest BCUT2D eigenvalue weighted by Gasteiger charge is 2.15. The normalized spacial score (nSPS) is 20.1. The Balaban J connectivity index is 2.17. The molecule has 1 fully saturated rings. The van der Waals surface area contributed by atoms with Crippen LogP contribution in [-0.4, -0.2) is 19.7 Å².